The summed E-state index contributed by atoms with van der Waals surface area (Å²) in [4.78, 5) is 11.6. The third kappa shape index (κ3) is 2.90. The monoisotopic (exact) mass is 316 g/mol. The molecule has 0 saturated heterocycles. The maximum absolute atomic E-state index is 14.2. The highest BCUT2D eigenvalue weighted by molar-refractivity contribution is 5.94. The van der Waals surface area contributed by atoms with Gasteiger partial charge >= 0.3 is 0 Å². The van der Waals surface area contributed by atoms with Crippen LogP contribution in [0.15, 0.2) is 12.1 Å². The van der Waals surface area contributed by atoms with E-state index >= 15 is 0 Å². The average molecular weight is 316 g/mol. The predicted octanol–water partition coefficient (Wildman–Crippen LogP) is 5.25. The molecular weight excluding hydrogens is 291 g/mol. The smallest absolute Gasteiger partial charge is 0.162 e. The highest BCUT2D eigenvalue weighted by Crippen LogP contribution is 2.61. The van der Waals surface area contributed by atoms with Gasteiger partial charge in [-0.3, -0.25) is 4.79 Å². The largest absolute Gasteiger partial charge is 0.493 e. The van der Waals surface area contributed by atoms with E-state index in [1.54, 1.807) is 6.07 Å². The fraction of sp³-hybridized carbons (Fsp3) is 0.650. The van der Waals surface area contributed by atoms with Crippen molar-refractivity contribution in [3.05, 3.63) is 29.1 Å². The van der Waals surface area contributed by atoms with Gasteiger partial charge in [0.15, 0.2) is 5.78 Å². The minimum absolute atomic E-state index is 0.203. The molecule has 0 N–H and O–H groups in total. The summed E-state index contributed by atoms with van der Waals surface area (Å²) in [6, 6.07) is 3.17. The average Bonchev–Trinajstić information content (AvgIpc) is 3.43. The Kier molecular flexibility index (Phi) is 3.70. The summed E-state index contributed by atoms with van der Waals surface area (Å²) in [6.07, 6.45) is 10.3. The van der Waals surface area contributed by atoms with E-state index in [0.29, 0.717) is 29.6 Å². The molecule has 1 atom stereocenters. The van der Waals surface area contributed by atoms with E-state index in [2.05, 4.69) is 0 Å². The van der Waals surface area contributed by atoms with Crippen molar-refractivity contribution in [2.24, 2.45) is 11.3 Å². The maximum atomic E-state index is 14.2. The van der Waals surface area contributed by atoms with Crippen molar-refractivity contribution in [2.75, 3.05) is 6.61 Å². The quantitative estimate of drug-likeness (QED) is 0.693. The number of carbonyl (C=O) groups excluding carboxylic acids is 1. The third-order valence-corrected chi connectivity index (χ3v) is 6.14. The molecule has 3 heteroatoms. The molecule has 1 aromatic carbocycles. The van der Waals surface area contributed by atoms with Crippen LogP contribution >= 0.6 is 0 Å². The number of benzene rings is 1. The first-order valence-electron chi connectivity index (χ1n) is 9.06. The van der Waals surface area contributed by atoms with Gasteiger partial charge in [-0.1, -0.05) is 19.3 Å². The van der Waals surface area contributed by atoms with E-state index < -0.39 is 5.82 Å². The Balaban J connectivity index is 1.48. The Morgan fingerprint density at radius 1 is 1.26 bits per heavy atom. The first-order chi connectivity index (χ1) is 11.1. The number of halogens is 1. The molecule has 0 aromatic heterocycles. The van der Waals surface area contributed by atoms with Crippen LogP contribution in [0.1, 0.15) is 80.1 Å². The zero-order valence-corrected chi connectivity index (χ0v) is 13.9. The number of Topliss-reactive ketones (excluding diaryl/α,β-unsaturated/α-hetero) is 1. The van der Waals surface area contributed by atoms with E-state index in [9.17, 15) is 9.18 Å². The SMILES string of the molecule is CC(=O)c1cc(C2CC2)c(OCC2CC23CCCCC3)cc1F. The summed E-state index contributed by atoms with van der Waals surface area (Å²) in [5.41, 5.74) is 1.78. The molecule has 3 fully saturated rings. The van der Waals surface area contributed by atoms with Crippen LogP contribution < -0.4 is 4.74 Å². The molecule has 3 aliphatic carbocycles. The van der Waals surface area contributed by atoms with Crippen LogP contribution in [0.4, 0.5) is 4.39 Å². The lowest BCUT2D eigenvalue weighted by Crippen LogP contribution is -2.14. The molecule has 3 saturated carbocycles. The molecule has 124 valence electrons. The highest BCUT2D eigenvalue weighted by Gasteiger charge is 2.53. The summed E-state index contributed by atoms with van der Waals surface area (Å²) in [6.45, 7) is 2.13. The second kappa shape index (κ2) is 5.61. The molecule has 0 bridgehead atoms. The van der Waals surface area contributed by atoms with Crippen molar-refractivity contribution < 1.29 is 13.9 Å². The second-order valence-corrected chi connectivity index (χ2v) is 7.84. The molecule has 4 rings (SSSR count). The van der Waals surface area contributed by atoms with Gasteiger partial charge in [0.1, 0.15) is 11.6 Å². The number of hydrogen-bond acceptors (Lipinski definition) is 2. The number of hydrogen-bond donors (Lipinski definition) is 0. The van der Waals surface area contributed by atoms with Gasteiger partial charge in [-0.05, 0) is 67.9 Å². The number of ether oxygens (including phenoxy) is 1. The van der Waals surface area contributed by atoms with E-state index in [4.69, 9.17) is 4.74 Å². The Morgan fingerprint density at radius 2 is 2.00 bits per heavy atom. The van der Waals surface area contributed by atoms with Gasteiger partial charge in [0, 0.05) is 6.07 Å². The van der Waals surface area contributed by atoms with Gasteiger partial charge in [0.25, 0.3) is 0 Å². The van der Waals surface area contributed by atoms with Gasteiger partial charge < -0.3 is 4.74 Å². The van der Waals surface area contributed by atoms with Crippen LogP contribution in [0.5, 0.6) is 5.75 Å². The molecule has 0 amide bonds. The first kappa shape index (κ1) is 15.2. The Bertz CT molecular complexity index is 627. The molecule has 2 nitrogen and oxygen atoms in total. The van der Waals surface area contributed by atoms with Crippen LogP contribution in [-0.2, 0) is 0 Å². The van der Waals surface area contributed by atoms with Gasteiger partial charge in [-0.25, -0.2) is 4.39 Å². The van der Waals surface area contributed by atoms with Crippen LogP contribution in [0.2, 0.25) is 0 Å². The molecular formula is C20H25FO2. The van der Waals surface area contributed by atoms with Crippen LogP contribution in [-0.4, -0.2) is 12.4 Å². The maximum Gasteiger partial charge on any atom is 0.162 e. The molecule has 1 aromatic rings. The third-order valence-electron chi connectivity index (χ3n) is 6.14. The summed E-state index contributed by atoms with van der Waals surface area (Å²) in [7, 11) is 0. The fourth-order valence-corrected chi connectivity index (χ4v) is 4.41. The van der Waals surface area contributed by atoms with E-state index in [0.717, 1.165) is 18.4 Å². The molecule has 0 heterocycles. The fourth-order valence-electron chi connectivity index (χ4n) is 4.41. The summed E-state index contributed by atoms with van der Waals surface area (Å²) in [5, 5.41) is 0. The van der Waals surface area contributed by atoms with Crippen LogP contribution in [0.25, 0.3) is 0 Å². The summed E-state index contributed by atoms with van der Waals surface area (Å²) < 4.78 is 20.2. The van der Waals surface area contributed by atoms with Gasteiger partial charge in [-0.2, -0.15) is 0 Å². The summed E-state index contributed by atoms with van der Waals surface area (Å²) >= 11 is 0. The lowest BCUT2D eigenvalue weighted by Gasteiger charge is -2.22. The van der Waals surface area contributed by atoms with E-state index in [-0.39, 0.29) is 11.3 Å². The van der Waals surface area contributed by atoms with Crippen molar-refractivity contribution in [2.45, 2.75) is 64.2 Å². The zero-order valence-electron chi connectivity index (χ0n) is 13.9. The van der Waals surface area contributed by atoms with Crippen molar-refractivity contribution in [3.63, 3.8) is 0 Å². The Labute approximate surface area is 137 Å². The van der Waals surface area contributed by atoms with Crippen molar-refractivity contribution >= 4 is 5.78 Å². The molecule has 23 heavy (non-hydrogen) atoms. The van der Waals surface area contributed by atoms with Crippen LogP contribution in [0.3, 0.4) is 0 Å². The number of rotatable bonds is 5. The predicted molar refractivity (Wildman–Crippen MR) is 87.5 cm³/mol. The first-order valence-corrected chi connectivity index (χ1v) is 9.06. The van der Waals surface area contributed by atoms with Gasteiger partial charge in [0.2, 0.25) is 0 Å². The molecule has 0 radical (unpaired) electrons. The molecule has 3 aliphatic rings. The standard InChI is InChI=1S/C20H25FO2/c1-13(22)16-9-17(14-5-6-14)19(10-18(16)21)23-12-15-11-20(15)7-3-2-4-8-20/h9-10,14-15H,2-8,11-12H2,1H3. The van der Waals surface area contributed by atoms with E-state index in [1.165, 1.54) is 51.5 Å². The zero-order chi connectivity index (χ0) is 16.0. The second-order valence-electron chi connectivity index (χ2n) is 7.84. The topological polar surface area (TPSA) is 26.3 Å². The minimum Gasteiger partial charge on any atom is -0.493 e. The molecule has 1 unspecified atom stereocenters. The van der Waals surface area contributed by atoms with Crippen molar-refractivity contribution in [1.29, 1.82) is 0 Å². The molecule has 0 aliphatic heterocycles. The lowest BCUT2D eigenvalue weighted by atomic mass is 9.84. The Morgan fingerprint density at radius 3 is 2.65 bits per heavy atom. The highest BCUT2D eigenvalue weighted by atomic mass is 19.1. The summed E-state index contributed by atoms with van der Waals surface area (Å²) in [5.74, 6) is 1.11. The van der Waals surface area contributed by atoms with Crippen molar-refractivity contribution in [3.8, 4) is 5.75 Å². The number of carbonyl (C=O) groups is 1. The van der Waals surface area contributed by atoms with E-state index in [1.807, 2.05) is 0 Å². The normalized spacial score (nSPS) is 25.4. The minimum atomic E-state index is -0.444. The van der Waals surface area contributed by atoms with Gasteiger partial charge in [-0.15, -0.1) is 0 Å². The lowest BCUT2D eigenvalue weighted by molar-refractivity contribution is 0.101. The van der Waals surface area contributed by atoms with Crippen LogP contribution in [0, 0.1) is 17.2 Å². The number of ketones is 1. The van der Waals surface area contributed by atoms with Gasteiger partial charge in [0.05, 0.1) is 12.2 Å². The molecule has 1 spiro atoms. The van der Waals surface area contributed by atoms with Crippen molar-refractivity contribution in [1.82, 2.24) is 0 Å². The Hall–Kier alpha value is -1.38.